The highest BCUT2D eigenvalue weighted by atomic mass is 35.5. The van der Waals surface area contributed by atoms with E-state index in [9.17, 15) is 29.4 Å². The molecule has 1 fully saturated rings. The number of thioether (sulfide) groups is 1. The lowest BCUT2D eigenvalue weighted by Crippen LogP contribution is -2.71. The van der Waals surface area contributed by atoms with Gasteiger partial charge in [-0.3, -0.25) is 14.5 Å². The second-order valence-corrected chi connectivity index (χ2v) is 13.0. The highest BCUT2D eigenvalue weighted by Gasteiger charge is 2.55. The number of carbonyl (C=O) groups excluding carboxylic acids is 2. The van der Waals surface area contributed by atoms with Crippen molar-refractivity contribution in [1.29, 1.82) is 0 Å². The Morgan fingerprint density at radius 1 is 1.33 bits per heavy atom. The number of β-lactam (4-membered cyclic amide) rings is 1. The lowest BCUT2D eigenvalue weighted by molar-refractivity contribution is -0.663. The maximum atomic E-state index is 13.4. The Bertz CT molecular complexity index is 1760. The fourth-order valence-electron chi connectivity index (χ4n) is 5.12. The number of pyridine rings is 1. The van der Waals surface area contributed by atoms with Crippen molar-refractivity contribution in [1.82, 2.24) is 25.1 Å². The summed E-state index contributed by atoms with van der Waals surface area (Å²) in [7, 11) is 1.90. The van der Waals surface area contributed by atoms with Crippen molar-refractivity contribution >= 4 is 80.3 Å². The average Bonchev–Trinajstić information content (AvgIpc) is 3.59. The van der Waals surface area contributed by atoms with Crippen LogP contribution in [-0.2, 0) is 37.1 Å². The molecule has 244 valence electrons. The Kier molecular flexibility index (Phi) is 10.1. The van der Waals surface area contributed by atoms with Gasteiger partial charge in [-0.25, -0.2) is 14.6 Å². The van der Waals surface area contributed by atoms with Gasteiger partial charge >= 0.3 is 11.9 Å². The number of carboxylic acid groups (broad SMARTS) is 2. The van der Waals surface area contributed by atoms with Crippen LogP contribution in [-0.4, -0.2) is 103 Å². The summed E-state index contributed by atoms with van der Waals surface area (Å²) in [6, 6.07) is 4.71. The fourth-order valence-corrected chi connectivity index (χ4v) is 7.39. The van der Waals surface area contributed by atoms with E-state index in [2.05, 4.69) is 25.3 Å². The third-order valence-electron chi connectivity index (χ3n) is 7.29. The lowest BCUT2D eigenvalue weighted by atomic mass is 10.0. The number of amides is 2. The van der Waals surface area contributed by atoms with Gasteiger partial charge in [-0.05, 0) is 26.1 Å². The minimum Gasteiger partial charge on any atom is -0.478 e. The summed E-state index contributed by atoms with van der Waals surface area (Å²) in [5, 5.41) is 37.1. The molecule has 0 bridgehead atoms. The fraction of sp³-hybridized carbons (Fsp3) is 0.370. The maximum absolute atomic E-state index is 13.4. The van der Waals surface area contributed by atoms with E-state index in [0.29, 0.717) is 5.57 Å². The van der Waals surface area contributed by atoms with Gasteiger partial charge in [0.05, 0.1) is 6.61 Å². The normalized spacial score (nSPS) is 18.7. The van der Waals surface area contributed by atoms with Gasteiger partial charge in [-0.2, -0.15) is 4.57 Å². The summed E-state index contributed by atoms with van der Waals surface area (Å²) in [5.74, 6) is -4.22. The number of aliphatic hydroxyl groups excluding tert-OH is 1. The topological polar surface area (TPSA) is 226 Å². The Balaban J connectivity index is 1.37. The first-order chi connectivity index (χ1) is 22.0. The standard InChI is InChI=1S/C27H29ClN8O8S2/c1-30-6-3-8-34-9-5-15-14(34)4-2-7-35(15)10-13-12-45-24-19(23(39)36(24)20(13)26(42)43)31-22(38)18(17-21(28)46-27(29)32-17)33-44-16(11-37)25(40)41/h2,4-5,7,9,16,19,24,30,37H,3,6,8,10-12H2,1H3,(H4-,29,31,32,38,40,41,42,43)/p+1/t16-,19?,24?/m0/s1. The summed E-state index contributed by atoms with van der Waals surface area (Å²) < 4.78 is 4.02. The number of aliphatic hydroxyl groups is 1. The number of aliphatic carboxylic acids is 2. The molecule has 0 saturated carbocycles. The van der Waals surface area contributed by atoms with Gasteiger partial charge < -0.3 is 41.1 Å². The highest BCUT2D eigenvalue weighted by Crippen LogP contribution is 2.40. The smallest absolute Gasteiger partial charge is 0.352 e. The van der Waals surface area contributed by atoms with E-state index in [1.54, 1.807) is 0 Å². The van der Waals surface area contributed by atoms with Crippen LogP contribution in [0, 0.1) is 0 Å². The van der Waals surface area contributed by atoms with E-state index in [1.807, 2.05) is 42.2 Å². The van der Waals surface area contributed by atoms with Crippen molar-refractivity contribution in [3.63, 3.8) is 0 Å². The minimum absolute atomic E-state index is 0.0196. The predicted molar refractivity (Wildman–Crippen MR) is 168 cm³/mol. The Hall–Kier alpha value is -4.23. The number of nitrogens with two attached hydrogens (primary N) is 1. The van der Waals surface area contributed by atoms with Crippen LogP contribution in [0.15, 0.2) is 47.0 Å². The summed E-state index contributed by atoms with van der Waals surface area (Å²) in [6.45, 7) is 0.965. The molecule has 19 heteroatoms. The first kappa shape index (κ1) is 33.1. The molecule has 0 aromatic carbocycles. The van der Waals surface area contributed by atoms with Gasteiger partial charge in [0.15, 0.2) is 23.6 Å². The average molecular weight is 694 g/mol. The maximum Gasteiger partial charge on any atom is 0.352 e. The van der Waals surface area contributed by atoms with Gasteiger partial charge in [0.2, 0.25) is 11.6 Å². The van der Waals surface area contributed by atoms with Crippen molar-refractivity contribution in [2.45, 2.75) is 37.0 Å². The van der Waals surface area contributed by atoms with Crippen LogP contribution >= 0.6 is 34.7 Å². The Labute approximate surface area is 274 Å². The molecule has 1 saturated heterocycles. The van der Waals surface area contributed by atoms with E-state index in [0.717, 1.165) is 46.8 Å². The summed E-state index contributed by atoms with van der Waals surface area (Å²) in [6.07, 6.45) is 2.99. The molecule has 16 nitrogen and oxygen atoms in total. The molecule has 0 spiro atoms. The number of fused-ring (bicyclic) bond motifs is 2. The van der Waals surface area contributed by atoms with Crippen molar-refractivity contribution < 1.29 is 43.9 Å². The van der Waals surface area contributed by atoms with Crippen molar-refractivity contribution in [3.05, 3.63) is 51.9 Å². The van der Waals surface area contributed by atoms with E-state index < -0.39 is 53.6 Å². The lowest BCUT2D eigenvalue weighted by Gasteiger charge is -2.49. The zero-order valence-corrected chi connectivity index (χ0v) is 26.6. The second kappa shape index (κ2) is 14.0. The molecular formula is C27H30ClN8O8S2+. The van der Waals surface area contributed by atoms with Gasteiger partial charge in [-0.1, -0.05) is 28.1 Å². The molecule has 3 aromatic heterocycles. The molecule has 3 aromatic rings. The zero-order valence-electron chi connectivity index (χ0n) is 24.3. The van der Waals surface area contributed by atoms with E-state index in [1.165, 1.54) is 11.8 Å². The number of oxime groups is 1. The number of thiazole rings is 1. The molecular weight excluding hydrogens is 664 g/mol. The quantitative estimate of drug-likeness (QED) is 0.0426. The second-order valence-electron chi connectivity index (χ2n) is 10.2. The highest BCUT2D eigenvalue weighted by molar-refractivity contribution is 8.00. The van der Waals surface area contributed by atoms with Crippen LogP contribution in [0.2, 0.25) is 4.34 Å². The molecule has 0 radical (unpaired) electrons. The first-order valence-electron chi connectivity index (χ1n) is 13.9. The minimum atomic E-state index is -1.80. The number of carbonyl (C=O) groups is 4. The van der Waals surface area contributed by atoms with Gasteiger partial charge in [-0.15, -0.1) is 11.8 Å². The zero-order chi connectivity index (χ0) is 33.1. The molecule has 2 amide bonds. The van der Waals surface area contributed by atoms with E-state index >= 15 is 0 Å². The molecule has 2 aliphatic rings. The third-order valence-corrected chi connectivity index (χ3v) is 9.71. The Morgan fingerprint density at radius 3 is 2.76 bits per heavy atom. The first-order valence-corrected chi connectivity index (χ1v) is 16.1. The number of carboxylic acids is 2. The molecule has 2 unspecified atom stereocenters. The number of nitrogens with one attached hydrogen (secondary N) is 2. The van der Waals surface area contributed by atoms with E-state index in [4.69, 9.17) is 27.3 Å². The van der Waals surface area contributed by atoms with Crippen molar-refractivity contribution in [2.24, 2.45) is 5.16 Å². The number of hydrogen-bond donors (Lipinski definition) is 6. The van der Waals surface area contributed by atoms with Crippen LogP contribution in [0.5, 0.6) is 0 Å². The van der Waals surface area contributed by atoms with Crippen molar-refractivity contribution in [3.8, 4) is 0 Å². The van der Waals surface area contributed by atoms with E-state index in [-0.39, 0.29) is 33.2 Å². The molecule has 2 aliphatic heterocycles. The Morgan fingerprint density at radius 2 is 2.11 bits per heavy atom. The monoisotopic (exact) mass is 693 g/mol. The number of rotatable bonds is 14. The number of aryl methyl sites for hydroxylation is 1. The molecule has 46 heavy (non-hydrogen) atoms. The van der Waals surface area contributed by atoms with Crippen LogP contribution in [0.25, 0.3) is 11.0 Å². The number of nitrogen functional groups attached to an aromatic ring is 1. The molecule has 5 rings (SSSR count). The largest absolute Gasteiger partial charge is 0.478 e. The van der Waals surface area contributed by atoms with Gasteiger partial charge in [0.25, 0.3) is 11.8 Å². The number of nitrogens with zero attached hydrogens (tertiary/aromatic N) is 5. The summed E-state index contributed by atoms with van der Waals surface area (Å²) in [5.41, 5.74) is 7.17. The predicted octanol–water partition coefficient (Wildman–Crippen LogP) is -0.165. The molecule has 3 atom stereocenters. The summed E-state index contributed by atoms with van der Waals surface area (Å²) >= 11 is 8.26. The van der Waals surface area contributed by atoms with Crippen LogP contribution in [0.3, 0.4) is 0 Å². The number of hydrogen-bond acceptors (Lipinski definition) is 12. The SMILES string of the molecule is CNCCCn1ccc2c1ccc[n+]2CC1=C(C(=O)O)N2C(=O)C(NC(=O)C(=NO[C@@H](CO)C(=O)O)c3nc(N)sc3Cl)C2SC1. The van der Waals surface area contributed by atoms with Crippen LogP contribution in [0.4, 0.5) is 5.13 Å². The molecule has 0 aliphatic carbocycles. The molecule has 7 N–H and O–H groups in total. The number of halogens is 1. The summed E-state index contributed by atoms with van der Waals surface area (Å²) in [4.78, 5) is 60.4. The van der Waals surface area contributed by atoms with Gasteiger partial charge in [0.1, 0.15) is 32.7 Å². The number of anilines is 1. The number of aromatic nitrogens is 3. The third kappa shape index (κ3) is 6.52. The van der Waals surface area contributed by atoms with Crippen LogP contribution in [0.1, 0.15) is 12.1 Å². The van der Waals surface area contributed by atoms with Crippen molar-refractivity contribution in [2.75, 3.05) is 31.7 Å². The van der Waals surface area contributed by atoms with Crippen LogP contribution < -0.4 is 20.9 Å². The van der Waals surface area contributed by atoms with Gasteiger partial charge in [0, 0.05) is 36.2 Å². The molecule has 5 heterocycles.